The van der Waals surface area contributed by atoms with E-state index in [0.717, 1.165) is 28.3 Å². The van der Waals surface area contributed by atoms with Gasteiger partial charge in [-0.15, -0.1) is 11.3 Å². The third-order valence-electron chi connectivity index (χ3n) is 4.57. The van der Waals surface area contributed by atoms with Crippen molar-refractivity contribution in [1.82, 2.24) is 14.7 Å². The van der Waals surface area contributed by atoms with Crippen LogP contribution in [0.4, 0.5) is 0 Å². The Balaban J connectivity index is 1.75. The van der Waals surface area contributed by atoms with Crippen molar-refractivity contribution in [1.29, 1.82) is 0 Å². The maximum atomic E-state index is 12.4. The van der Waals surface area contributed by atoms with Gasteiger partial charge in [-0.2, -0.15) is 0 Å². The summed E-state index contributed by atoms with van der Waals surface area (Å²) in [5, 5.41) is 14.4. The van der Waals surface area contributed by atoms with E-state index in [1.165, 1.54) is 11.3 Å². The molecule has 0 saturated carbocycles. The van der Waals surface area contributed by atoms with Crippen LogP contribution < -0.4 is 5.32 Å². The van der Waals surface area contributed by atoms with Crippen molar-refractivity contribution in [3.8, 4) is 11.3 Å². The van der Waals surface area contributed by atoms with Crippen molar-refractivity contribution < 1.29 is 9.90 Å². The number of aliphatic hydroxyl groups excluding tert-OH is 1. The first-order valence-corrected chi connectivity index (χ1v) is 9.41. The van der Waals surface area contributed by atoms with E-state index in [-0.39, 0.29) is 30.9 Å². The van der Waals surface area contributed by atoms with E-state index >= 15 is 0 Å². The minimum atomic E-state index is -0.200. The highest BCUT2D eigenvalue weighted by atomic mass is 32.1. The number of hydrogen-bond acceptors (Lipinski definition) is 4. The van der Waals surface area contributed by atoms with Crippen molar-refractivity contribution in [2.45, 2.75) is 32.7 Å². The molecule has 0 radical (unpaired) electrons. The highest BCUT2D eigenvalue weighted by Gasteiger charge is 2.19. The molecule has 0 bridgehead atoms. The van der Waals surface area contributed by atoms with Gasteiger partial charge in [0.25, 0.3) is 0 Å². The summed E-state index contributed by atoms with van der Waals surface area (Å²) >= 11 is 1.53. The maximum Gasteiger partial charge on any atom is 0.226 e. The van der Waals surface area contributed by atoms with Crippen LogP contribution in [0.1, 0.15) is 26.0 Å². The second-order valence-corrected chi connectivity index (χ2v) is 7.13. The molecule has 1 amide bonds. The lowest BCUT2D eigenvalue weighted by Gasteiger charge is -2.22. The minimum absolute atomic E-state index is 0.0387. The largest absolute Gasteiger partial charge is 0.394 e. The molecule has 3 aromatic rings. The summed E-state index contributed by atoms with van der Waals surface area (Å²) in [6, 6.07) is 9.80. The first-order valence-electron chi connectivity index (χ1n) is 8.53. The molecule has 2 atom stereocenters. The van der Waals surface area contributed by atoms with Crippen molar-refractivity contribution in [3.05, 3.63) is 47.6 Å². The van der Waals surface area contributed by atoms with Gasteiger partial charge in [-0.3, -0.25) is 9.20 Å². The second kappa shape index (κ2) is 7.80. The zero-order valence-electron chi connectivity index (χ0n) is 14.5. The predicted octanol–water partition coefficient (Wildman–Crippen LogP) is 3.13. The SMILES string of the molecule is CC[C@H](C)[C@H](CO)NC(=O)Cc1csc2nc(-c3ccccc3)cn12. The highest BCUT2D eigenvalue weighted by molar-refractivity contribution is 7.15. The third kappa shape index (κ3) is 3.91. The van der Waals surface area contributed by atoms with Gasteiger partial charge in [0.15, 0.2) is 4.96 Å². The van der Waals surface area contributed by atoms with Gasteiger partial charge in [-0.05, 0) is 5.92 Å². The van der Waals surface area contributed by atoms with Crippen LogP contribution in [0.3, 0.4) is 0 Å². The van der Waals surface area contributed by atoms with Crippen LogP contribution in [-0.2, 0) is 11.2 Å². The molecule has 2 N–H and O–H groups in total. The highest BCUT2D eigenvalue weighted by Crippen LogP contribution is 2.23. The molecule has 2 heterocycles. The fraction of sp³-hybridized carbons (Fsp3) is 0.368. The number of carbonyl (C=O) groups is 1. The average molecular weight is 357 g/mol. The Morgan fingerprint density at radius 2 is 2.12 bits per heavy atom. The monoisotopic (exact) mass is 357 g/mol. The molecule has 3 rings (SSSR count). The van der Waals surface area contributed by atoms with Gasteiger partial charge in [0, 0.05) is 22.8 Å². The molecule has 0 saturated heterocycles. The number of hydrogen-bond donors (Lipinski definition) is 2. The molecule has 0 aliphatic carbocycles. The van der Waals surface area contributed by atoms with E-state index in [9.17, 15) is 9.90 Å². The molecular formula is C19H23N3O2S. The van der Waals surface area contributed by atoms with Crippen LogP contribution in [0.15, 0.2) is 41.9 Å². The number of benzene rings is 1. The fourth-order valence-electron chi connectivity index (χ4n) is 2.78. The number of rotatable bonds is 7. The normalized spacial score (nSPS) is 13.7. The summed E-state index contributed by atoms with van der Waals surface area (Å²) in [7, 11) is 0. The lowest BCUT2D eigenvalue weighted by atomic mass is 10.00. The molecule has 0 fully saturated rings. The van der Waals surface area contributed by atoms with Crippen LogP contribution >= 0.6 is 11.3 Å². The van der Waals surface area contributed by atoms with E-state index < -0.39 is 0 Å². The minimum Gasteiger partial charge on any atom is -0.394 e. The van der Waals surface area contributed by atoms with E-state index in [1.54, 1.807) is 0 Å². The van der Waals surface area contributed by atoms with E-state index in [2.05, 4.69) is 17.2 Å². The van der Waals surface area contributed by atoms with Crippen LogP contribution in [0.2, 0.25) is 0 Å². The fourth-order valence-corrected chi connectivity index (χ4v) is 3.65. The summed E-state index contributed by atoms with van der Waals surface area (Å²) in [5.74, 6) is 0.170. The number of amides is 1. The molecule has 0 spiro atoms. The average Bonchev–Trinajstić information content (AvgIpc) is 3.22. The number of fused-ring (bicyclic) bond motifs is 1. The van der Waals surface area contributed by atoms with Crippen LogP contribution in [-0.4, -0.2) is 33.0 Å². The topological polar surface area (TPSA) is 66.6 Å². The standard InChI is InChI=1S/C19H23N3O2S/c1-3-13(2)17(11-23)20-18(24)9-15-12-25-19-21-16(10-22(15)19)14-7-5-4-6-8-14/h4-8,10,12-13,17,23H,3,9,11H2,1-2H3,(H,20,24)/t13-,17-/m0/s1. The van der Waals surface area contributed by atoms with E-state index in [4.69, 9.17) is 0 Å². The quantitative estimate of drug-likeness (QED) is 0.683. The molecule has 0 aliphatic heterocycles. The Morgan fingerprint density at radius 1 is 1.36 bits per heavy atom. The number of aromatic nitrogens is 2. The summed E-state index contributed by atoms with van der Waals surface area (Å²) in [5.41, 5.74) is 2.88. The lowest BCUT2D eigenvalue weighted by Crippen LogP contribution is -2.42. The second-order valence-electron chi connectivity index (χ2n) is 6.29. The van der Waals surface area contributed by atoms with Gasteiger partial charge >= 0.3 is 0 Å². The van der Waals surface area contributed by atoms with Crippen LogP contribution in [0, 0.1) is 5.92 Å². The Morgan fingerprint density at radius 3 is 2.80 bits per heavy atom. The van der Waals surface area contributed by atoms with Gasteiger partial charge in [0.05, 0.1) is 24.8 Å². The number of imidazole rings is 1. The summed E-state index contributed by atoms with van der Waals surface area (Å²) in [6.45, 7) is 4.05. The van der Waals surface area contributed by atoms with Gasteiger partial charge < -0.3 is 10.4 Å². The third-order valence-corrected chi connectivity index (χ3v) is 5.46. The summed E-state index contributed by atoms with van der Waals surface area (Å²) < 4.78 is 1.98. The van der Waals surface area contributed by atoms with Gasteiger partial charge in [0.2, 0.25) is 5.91 Å². The van der Waals surface area contributed by atoms with Crippen molar-refractivity contribution in [2.24, 2.45) is 5.92 Å². The molecule has 132 valence electrons. The Kier molecular flexibility index (Phi) is 5.50. The van der Waals surface area contributed by atoms with Crippen LogP contribution in [0.25, 0.3) is 16.2 Å². The predicted molar refractivity (Wildman–Crippen MR) is 101 cm³/mol. The van der Waals surface area contributed by atoms with Gasteiger partial charge in [-0.1, -0.05) is 50.6 Å². The summed E-state index contributed by atoms with van der Waals surface area (Å²) in [6.07, 6.45) is 3.16. The number of aliphatic hydroxyl groups is 1. The Hall–Kier alpha value is -2.18. The van der Waals surface area contributed by atoms with Crippen molar-refractivity contribution in [2.75, 3.05) is 6.61 Å². The lowest BCUT2D eigenvalue weighted by molar-refractivity contribution is -0.121. The molecule has 0 aliphatic rings. The molecule has 25 heavy (non-hydrogen) atoms. The van der Waals surface area contributed by atoms with Crippen LogP contribution in [0.5, 0.6) is 0 Å². The van der Waals surface area contributed by atoms with E-state index in [0.29, 0.717) is 0 Å². The van der Waals surface area contributed by atoms with Crippen molar-refractivity contribution in [3.63, 3.8) is 0 Å². The number of carbonyl (C=O) groups excluding carboxylic acids is 1. The number of nitrogens with zero attached hydrogens (tertiary/aromatic N) is 2. The smallest absolute Gasteiger partial charge is 0.226 e. The van der Waals surface area contributed by atoms with E-state index in [1.807, 2.05) is 53.2 Å². The molecule has 0 unspecified atom stereocenters. The van der Waals surface area contributed by atoms with Gasteiger partial charge in [-0.25, -0.2) is 4.98 Å². The number of nitrogens with one attached hydrogen (secondary N) is 1. The molecule has 5 nitrogen and oxygen atoms in total. The Labute approximate surface area is 151 Å². The molecule has 6 heteroatoms. The summed E-state index contributed by atoms with van der Waals surface area (Å²) in [4.78, 5) is 17.9. The molecule has 1 aromatic carbocycles. The molecule has 2 aromatic heterocycles. The van der Waals surface area contributed by atoms with Gasteiger partial charge in [0.1, 0.15) is 0 Å². The first kappa shape index (κ1) is 17.6. The van der Waals surface area contributed by atoms with Crippen molar-refractivity contribution >= 4 is 22.2 Å². The zero-order chi connectivity index (χ0) is 17.8. The first-order chi connectivity index (χ1) is 12.1. The maximum absolute atomic E-state index is 12.4. The zero-order valence-corrected chi connectivity index (χ0v) is 15.3. The number of thiazole rings is 1. The molecular weight excluding hydrogens is 334 g/mol. The Bertz CT molecular complexity index is 841.